The average Bonchev–Trinajstić information content (AvgIpc) is 3.00. The lowest BCUT2D eigenvalue weighted by atomic mass is 10.3. The Bertz CT molecular complexity index is 889. The maximum atomic E-state index is 11.9. The molecule has 134 valence electrons. The Balaban J connectivity index is 1.53. The molecule has 2 aromatic heterocycles. The van der Waals surface area contributed by atoms with E-state index in [-0.39, 0.29) is 24.2 Å². The van der Waals surface area contributed by atoms with Gasteiger partial charge in [0.25, 0.3) is 0 Å². The van der Waals surface area contributed by atoms with Crippen molar-refractivity contribution in [1.82, 2.24) is 24.7 Å². The van der Waals surface area contributed by atoms with Gasteiger partial charge in [-0.3, -0.25) is 10.1 Å². The Hall–Kier alpha value is -2.65. The maximum absolute atomic E-state index is 11.9. The monoisotopic (exact) mass is 390 g/mol. The van der Waals surface area contributed by atoms with Gasteiger partial charge < -0.3 is 9.30 Å². The van der Waals surface area contributed by atoms with Crippen molar-refractivity contribution in [3.8, 4) is 5.75 Å². The zero-order valence-electron chi connectivity index (χ0n) is 13.8. The summed E-state index contributed by atoms with van der Waals surface area (Å²) in [4.78, 5) is 19.8. The molecule has 26 heavy (non-hydrogen) atoms. The molecule has 10 heteroatoms. The first-order valence-corrected chi connectivity index (χ1v) is 8.95. The van der Waals surface area contributed by atoms with Crippen molar-refractivity contribution in [2.45, 2.75) is 11.8 Å². The molecule has 0 fully saturated rings. The summed E-state index contributed by atoms with van der Waals surface area (Å²) in [6.07, 6.45) is 3.12. The first-order valence-electron chi connectivity index (χ1n) is 7.59. The predicted octanol–water partition coefficient (Wildman–Crippen LogP) is 2.57. The third-order valence-corrected chi connectivity index (χ3v) is 4.60. The zero-order valence-corrected chi connectivity index (χ0v) is 15.4. The number of aromatic nitrogens is 5. The van der Waals surface area contributed by atoms with Crippen LogP contribution in [0.1, 0.15) is 5.82 Å². The van der Waals surface area contributed by atoms with E-state index in [0.29, 0.717) is 21.8 Å². The lowest BCUT2D eigenvalue weighted by Gasteiger charge is -2.07. The molecule has 0 aliphatic heterocycles. The Morgan fingerprint density at radius 3 is 2.77 bits per heavy atom. The molecule has 0 saturated carbocycles. The van der Waals surface area contributed by atoms with Crippen LogP contribution in [0.25, 0.3) is 0 Å². The van der Waals surface area contributed by atoms with Gasteiger partial charge in [0.05, 0.1) is 10.8 Å². The summed E-state index contributed by atoms with van der Waals surface area (Å²) < 4.78 is 7.43. The molecule has 0 aliphatic carbocycles. The number of para-hydroxylation sites is 1. The summed E-state index contributed by atoms with van der Waals surface area (Å²) in [6.45, 7) is 0.220. The lowest BCUT2D eigenvalue weighted by Crippen LogP contribution is -2.16. The summed E-state index contributed by atoms with van der Waals surface area (Å²) in [5, 5.41) is 11.9. The number of amides is 1. The minimum Gasteiger partial charge on any atom is -0.484 e. The number of halogens is 1. The van der Waals surface area contributed by atoms with Crippen LogP contribution in [0, 0.1) is 0 Å². The summed E-state index contributed by atoms with van der Waals surface area (Å²) >= 11 is 7.32. The third kappa shape index (κ3) is 4.70. The van der Waals surface area contributed by atoms with Crippen LogP contribution in [0.2, 0.25) is 5.02 Å². The topological polar surface area (TPSA) is 94.8 Å². The second-order valence-corrected chi connectivity index (χ2v) is 6.44. The van der Waals surface area contributed by atoms with Crippen LogP contribution in [0.4, 0.5) is 5.95 Å². The van der Waals surface area contributed by atoms with Gasteiger partial charge in [0.2, 0.25) is 11.9 Å². The van der Waals surface area contributed by atoms with Gasteiger partial charge in [0.15, 0.2) is 11.0 Å². The Morgan fingerprint density at radius 1 is 1.23 bits per heavy atom. The number of rotatable bonds is 7. The summed E-state index contributed by atoms with van der Waals surface area (Å²) in [5.41, 5.74) is 0. The number of anilines is 1. The molecule has 8 nitrogen and oxygen atoms in total. The smallest absolute Gasteiger partial charge is 0.237 e. The molecule has 0 radical (unpaired) electrons. The van der Waals surface area contributed by atoms with Crippen LogP contribution in [0.15, 0.2) is 47.9 Å². The van der Waals surface area contributed by atoms with Gasteiger partial charge in [0.1, 0.15) is 12.4 Å². The van der Waals surface area contributed by atoms with E-state index in [1.165, 1.54) is 11.8 Å². The molecule has 0 atom stereocenters. The van der Waals surface area contributed by atoms with Crippen LogP contribution in [0.3, 0.4) is 0 Å². The van der Waals surface area contributed by atoms with E-state index in [2.05, 4.69) is 25.5 Å². The first-order chi connectivity index (χ1) is 12.6. The van der Waals surface area contributed by atoms with Crippen molar-refractivity contribution in [2.75, 3.05) is 11.1 Å². The largest absolute Gasteiger partial charge is 0.484 e. The first kappa shape index (κ1) is 18.2. The number of nitrogens with one attached hydrogen (secondary N) is 1. The predicted molar refractivity (Wildman–Crippen MR) is 98.2 cm³/mol. The van der Waals surface area contributed by atoms with E-state index in [9.17, 15) is 4.79 Å². The van der Waals surface area contributed by atoms with Crippen molar-refractivity contribution >= 4 is 35.2 Å². The Morgan fingerprint density at radius 2 is 2.00 bits per heavy atom. The molecule has 3 rings (SSSR count). The lowest BCUT2D eigenvalue weighted by molar-refractivity contribution is -0.113. The van der Waals surface area contributed by atoms with Gasteiger partial charge in [-0.15, -0.1) is 10.2 Å². The number of thioether (sulfide) groups is 1. The van der Waals surface area contributed by atoms with Crippen molar-refractivity contribution in [3.05, 3.63) is 53.6 Å². The number of nitrogens with zero attached hydrogens (tertiary/aromatic N) is 5. The molecular formula is C16H15ClN6O2S. The second kappa shape index (κ2) is 8.63. The van der Waals surface area contributed by atoms with Crippen LogP contribution in [-0.2, 0) is 18.4 Å². The van der Waals surface area contributed by atoms with Crippen LogP contribution < -0.4 is 10.1 Å². The number of ether oxygens (including phenoxy) is 1. The Labute approximate surface area is 159 Å². The van der Waals surface area contributed by atoms with Crippen molar-refractivity contribution in [2.24, 2.45) is 7.05 Å². The van der Waals surface area contributed by atoms with Crippen molar-refractivity contribution < 1.29 is 9.53 Å². The van der Waals surface area contributed by atoms with Crippen LogP contribution >= 0.6 is 23.4 Å². The van der Waals surface area contributed by atoms with Gasteiger partial charge >= 0.3 is 0 Å². The molecule has 0 aliphatic rings. The maximum Gasteiger partial charge on any atom is 0.237 e. The van der Waals surface area contributed by atoms with E-state index in [4.69, 9.17) is 16.3 Å². The third-order valence-electron chi connectivity index (χ3n) is 3.27. The highest BCUT2D eigenvalue weighted by atomic mass is 35.5. The number of carbonyl (C=O) groups is 1. The second-order valence-electron chi connectivity index (χ2n) is 5.09. The van der Waals surface area contributed by atoms with E-state index in [1.54, 1.807) is 35.2 Å². The number of benzene rings is 1. The molecule has 3 aromatic rings. The quantitative estimate of drug-likeness (QED) is 0.619. The van der Waals surface area contributed by atoms with Gasteiger partial charge in [0, 0.05) is 19.4 Å². The fourth-order valence-corrected chi connectivity index (χ4v) is 2.88. The molecule has 1 N–H and O–H groups in total. The van der Waals surface area contributed by atoms with Crippen LogP contribution in [-0.4, -0.2) is 36.4 Å². The molecule has 2 heterocycles. The van der Waals surface area contributed by atoms with E-state index in [1.807, 2.05) is 19.2 Å². The molecule has 0 bridgehead atoms. The van der Waals surface area contributed by atoms with Gasteiger partial charge in [-0.25, -0.2) is 9.97 Å². The van der Waals surface area contributed by atoms with E-state index in [0.717, 1.165) is 0 Å². The molecule has 0 spiro atoms. The highest BCUT2D eigenvalue weighted by molar-refractivity contribution is 7.99. The van der Waals surface area contributed by atoms with E-state index >= 15 is 0 Å². The fraction of sp³-hybridized carbons (Fsp3) is 0.188. The van der Waals surface area contributed by atoms with Gasteiger partial charge in [-0.05, 0) is 18.2 Å². The van der Waals surface area contributed by atoms with E-state index < -0.39 is 0 Å². The standard InChI is InChI=1S/C16H15ClN6O2S/c1-23-13(9-25-12-6-3-2-5-11(12)17)21-22-16(23)26-10-14(24)20-15-18-7-4-8-19-15/h2-8H,9-10H2,1H3,(H,18,19,20,24). The van der Waals surface area contributed by atoms with Gasteiger partial charge in [-0.1, -0.05) is 35.5 Å². The number of hydrogen-bond acceptors (Lipinski definition) is 7. The number of hydrogen-bond donors (Lipinski definition) is 1. The highest BCUT2D eigenvalue weighted by Crippen LogP contribution is 2.24. The molecule has 0 unspecified atom stereocenters. The number of carbonyl (C=O) groups excluding carboxylic acids is 1. The normalized spacial score (nSPS) is 10.5. The molecule has 1 amide bonds. The van der Waals surface area contributed by atoms with Crippen LogP contribution in [0.5, 0.6) is 5.75 Å². The SMILES string of the molecule is Cn1c(COc2ccccc2Cl)nnc1SCC(=O)Nc1ncccn1. The van der Waals surface area contributed by atoms with Crippen molar-refractivity contribution in [3.63, 3.8) is 0 Å². The molecule has 1 aromatic carbocycles. The molecular weight excluding hydrogens is 376 g/mol. The highest BCUT2D eigenvalue weighted by Gasteiger charge is 2.13. The summed E-state index contributed by atoms with van der Waals surface area (Å²) in [5.74, 6) is 1.41. The zero-order chi connectivity index (χ0) is 18.4. The van der Waals surface area contributed by atoms with Gasteiger partial charge in [-0.2, -0.15) is 0 Å². The summed E-state index contributed by atoms with van der Waals surface area (Å²) in [6, 6.07) is 8.89. The summed E-state index contributed by atoms with van der Waals surface area (Å²) in [7, 11) is 1.81. The minimum atomic E-state index is -0.224. The van der Waals surface area contributed by atoms with Crippen molar-refractivity contribution in [1.29, 1.82) is 0 Å². The fourth-order valence-electron chi connectivity index (χ4n) is 1.96. The minimum absolute atomic E-state index is 0.162. The Kier molecular flexibility index (Phi) is 6.03. The molecule has 0 saturated heterocycles. The average molecular weight is 391 g/mol.